The van der Waals surface area contributed by atoms with Crippen molar-refractivity contribution in [1.29, 1.82) is 0 Å². The zero-order valence-corrected chi connectivity index (χ0v) is 16.4. The number of fused-ring (bicyclic) bond motifs is 3. The lowest BCUT2D eigenvalue weighted by Crippen LogP contribution is -2.70. The molecule has 0 saturated carbocycles. The number of carbonyl (C=O) groups is 1. The Balaban J connectivity index is 1.14. The predicted octanol–water partition coefficient (Wildman–Crippen LogP) is 1.80. The summed E-state index contributed by atoms with van der Waals surface area (Å²) in [7, 11) is 0. The van der Waals surface area contributed by atoms with Gasteiger partial charge in [0.05, 0.1) is 6.54 Å². The maximum atomic E-state index is 12.9. The van der Waals surface area contributed by atoms with Gasteiger partial charge in [-0.15, -0.1) is 0 Å². The SMILES string of the molecule is O=C(CN1C2CC1CN(c1cc(C(F)(F)F)ncn1)C2)NCc1ccc2c(c1)OCO2. The van der Waals surface area contributed by atoms with Crippen LogP contribution in [0.15, 0.2) is 30.6 Å². The van der Waals surface area contributed by atoms with Crippen LogP contribution in [0.2, 0.25) is 0 Å². The molecule has 3 fully saturated rings. The molecule has 2 unspecified atom stereocenters. The predicted molar refractivity (Wildman–Crippen MR) is 103 cm³/mol. The lowest BCUT2D eigenvalue weighted by Gasteiger charge is -2.56. The van der Waals surface area contributed by atoms with E-state index >= 15 is 0 Å². The average molecular weight is 435 g/mol. The van der Waals surface area contributed by atoms with Crippen LogP contribution in [0.3, 0.4) is 0 Å². The third kappa shape index (κ3) is 3.97. The van der Waals surface area contributed by atoms with Crippen LogP contribution in [0, 0.1) is 0 Å². The molecule has 4 aliphatic rings. The zero-order valence-electron chi connectivity index (χ0n) is 16.4. The topological polar surface area (TPSA) is 79.8 Å². The minimum absolute atomic E-state index is 0.0952. The smallest absolute Gasteiger partial charge is 0.433 e. The van der Waals surface area contributed by atoms with E-state index < -0.39 is 11.9 Å². The summed E-state index contributed by atoms with van der Waals surface area (Å²) in [5.41, 5.74) is -0.0340. The third-order valence-corrected chi connectivity index (χ3v) is 5.86. The molecule has 1 amide bonds. The van der Waals surface area contributed by atoms with E-state index in [4.69, 9.17) is 9.47 Å². The van der Waals surface area contributed by atoms with Crippen LogP contribution in [0.4, 0.5) is 19.0 Å². The number of alkyl halides is 3. The van der Waals surface area contributed by atoms with Crippen molar-refractivity contribution >= 4 is 11.7 Å². The number of piperazine rings is 1. The summed E-state index contributed by atoms with van der Waals surface area (Å²) in [5.74, 6) is 1.53. The number of amides is 1. The fraction of sp³-hybridized carbons (Fsp3) is 0.450. The molecule has 1 N–H and O–H groups in total. The first-order valence-electron chi connectivity index (χ1n) is 9.92. The van der Waals surface area contributed by atoms with Crippen LogP contribution in [-0.4, -0.2) is 59.3 Å². The Bertz CT molecular complexity index is 990. The van der Waals surface area contributed by atoms with Crippen molar-refractivity contribution in [3.63, 3.8) is 0 Å². The maximum absolute atomic E-state index is 12.9. The molecule has 2 atom stereocenters. The molecule has 3 saturated heterocycles. The molecule has 5 heterocycles. The molecule has 8 nitrogen and oxygen atoms in total. The first-order valence-corrected chi connectivity index (χ1v) is 9.92. The highest BCUT2D eigenvalue weighted by molar-refractivity contribution is 5.78. The van der Waals surface area contributed by atoms with Crippen LogP contribution < -0.4 is 19.7 Å². The second-order valence-corrected chi connectivity index (χ2v) is 7.84. The summed E-state index contributed by atoms with van der Waals surface area (Å²) in [6, 6.07) is 6.73. The van der Waals surface area contributed by atoms with E-state index in [0.717, 1.165) is 24.4 Å². The normalized spacial score (nSPS) is 22.2. The molecule has 4 aliphatic heterocycles. The molecule has 2 bridgehead atoms. The van der Waals surface area contributed by atoms with Crippen molar-refractivity contribution < 1.29 is 27.4 Å². The van der Waals surface area contributed by atoms with E-state index in [9.17, 15) is 18.0 Å². The van der Waals surface area contributed by atoms with E-state index in [-0.39, 0.29) is 37.1 Å². The van der Waals surface area contributed by atoms with Crippen LogP contribution >= 0.6 is 0 Å². The fourth-order valence-corrected chi connectivity index (χ4v) is 4.28. The summed E-state index contributed by atoms with van der Waals surface area (Å²) in [6.45, 7) is 1.89. The zero-order chi connectivity index (χ0) is 21.6. The number of rotatable bonds is 5. The van der Waals surface area contributed by atoms with Gasteiger partial charge in [-0.3, -0.25) is 9.69 Å². The summed E-state index contributed by atoms with van der Waals surface area (Å²) < 4.78 is 49.4. The number of piperidine rings is 1. The number of carbonyl (C=O) groups excluding carboxylic acids is 1. The largest absolute Gasteiger partial charge is 0.454 e. The second kappa shape index (κ2) is 7.56. The fourth-order valence-electron chi connectivity index (χ4n) is 4.28. The van der Waals surface area contributed by atoms with Crippen molar-refractivity contribution in [3.05, 3.63) is 41.9 Å². The molecule has 2 aromatic rings. The Labute approximate surface area is 176 Å². The van der Waals surface area contributed by atoms with Crippen molar-refractivity contribution in [1.82, 2.24) is 20.2 Å². The standard InChI is InChI=1S/C20H20F3N5O3/c21-20(22,23)17-5-18(26-10-25-17)27-7-13-4-14(8-27)28(13)9-19(29)24-6-12-1-2-15-16(3-12)31-11-30-15/h1-3,5,10,13-14H,4,6-9,11H2,(H,24,29). The van der Waals surface area contributed by atoms with Crippen molar-refractivity contribution in [2.24, 2.45) is 0 Å². The second-order valence-electron chi connectivity index (χ2n) is 7.84. The lowest BCUT2D eigenvalue weighted by molar-refractivity contribution is -0.141. The first kappa shape index (κ1) is 19.9. The van der Waals surface area contributed by atoms with Gasteiger partial charge in [-0.05, 0) is 24.1 Å². The first-order chi connectivity index (χ1) is 14.9. The Hall–Kier alpha value is -3.08. The van der Waals surface area contributed by atoms with Crippen LogP contribution in [0.25, 0.3) is 0 Å². The lowest BCUT2D eigenvalue weighted by atomic mass is 9.87. The molecule has 1 aromatic heterocycles. The highest BCUT2D eigenvalue weighted by atomic mass is 19.4. The van der Waals surface area contributed by atoms with Crippen LogP contribution in [-0.2, 0) is 17.5 Å². The Kier molecular flexibility index (Phi) is 4.84. The Morgan fingerprint density at radius 3 is 2.68 bits per heavy atom. The number of benzene rings is 1. The van der Waals surface area contributed by atoms with Crippen LogP contribution in [0.5, 0.6) is 11.5 Å². The number of nitrogens with one attached hydrogen (secondary N) is 1. The minimum atomic E-state index is -4.50. The van der Waals surface area contributed by atoms with Gasteiger partial charge in [0.15, 0.2) is 11.5 Å². The van der Waals surface area contributed by atoms with Gasteiger partial charge in [0.2, 0.25) is 12.7 Å². The number of halogens is 3. The minimum Gasteiger partial charge on any atom is -0.454 e. The van der Waals surface area contributed by atoms with Crippen LogP contribution in [0.1, 0.15) is 17.7 Å². The van der Waals surface area contributed by atoms with Gasteiger partial charge in [0, 0.05) is 37.8 Å². The monoisotopic (exact) mass is 435 g/mol. The number of aromatic nitrogens is 2. The van der Waals surface area contributed by atoms with Crippen molar-refractivity contribution in [2.45, 2.75) is 31.2 Å². The van der Waals surface area contributed by atoms with Gasteiger partial charge in [-0.25, -0.2) is 9.97 Å². The van der Waals surface area contributed by atoms with E-state index in [2.05, 4.69) is 20.2 Å². The Morgan fingerprint density at radius 1 is 1.13 bits per heavy atom. The highest BCUT2D eigenvalue weighted by Crippen LogP contribution is 2.35. The molecule has 6 rings (SSSR count). The van der Waals surface area contributed by atoms with E-state index in [1.54, 1.807) is 0 Å². The number of hydrogen-bond donors (Lipinski definition) is 1. The molecular formula is C20H20F3N5O3. The van der Waals surface area contributed by atoms with Gasteiger partial charge in [0.25, 0.3) is 0 Å². The molecular weight excluding hydrogens is 415 g/mol. The number of ether oxygens (including phenoxy) is 2. The number of hydrogen-bond acceptors (Lipinski definition) is 7. The van der Waals surface area contributed by atoms with Gasteiger partial charge in [-0.1, -0.05) is 6.07 Å². The van der Waals surface area contributed by atoms with E-state index in [0.29, 0.717) is 31.1 Å². The third-order valence-electron chi connectivity index (χ3n) is 5.86. The van der Waals surface area contributed by atoms with Gasteiger partial charge in [-0.2, -0.15) is 13.2 Å². The molecule has 11 heteroatoms. The van der Waals surface area contributed by atoms with Gasteiger partial charge >= 0.3 is 6.18 Å². The average Bonchev–Trinajstić information content (AvgIpc) is 3.23. The molecule has 31 heavy (non-hydrogen) atoms. The molecule has 0 spiro atoms. The maximum Gasteiger partial charge on any atom is 0.433 e. The summed E-state index contributed by atoms with van der Waals surface area (Å²) in [4.78, 5) is 23.7. The van der Waals surface area contributed by atoms with Crippen molar-refractivity contribution in [2.75, 3.05) is 31.3 Å². The molecule has 164 valence electrons. The molecule has 0 aliphatic carbocycles. The highest BCUT2D eigenvalue weighted by Gasteiger charge is 2.45. The molecule has 0 radical (unpaired) electrons. The molecule has 1 aromatic carbocycles. The Morgan fingerprint density at radius 2 is 1.90 bits per heavy atom. The van der Waals surface area contributed by atoms with Gasteiger partial charge < -0.3 is 19.7 Å². The number of anilines is 1. The summed E-state index contributed by atoms with van der Waals surface area (Å²) in [6.07, 6.45) is -2.64. The number of nitrogens with zero attached hydrogens (tertiary/aromatic N) is 4. The van der Waals surface area contributed by atoms with Gasteiger partial charge in [0.1, 0.15) is 17.8 Å². The van der Waals surface area contributed by atoms with E-state index in [1.165, 1.54) is 0 Å². The quantitative estimate of drug-likeness (QED) is 0.767. The summed E-state index contributed by atoms with van der Waals surface area (Å²) >= 11 is 0. The van der Waals surface area contributed by atoms with Crippen molar-refractivity contribution in [3.8, 4) is 11.5 Å². The van der Waals surface area contributed by atoms with E-state index in [1.807, 2.05) is 23.1 Å². The summed E-state index contributed by atoms with van der Waals surface area (Å²) in [5, 5.41) is 2.91.